The van der Waals surface area contributed by atoms with Crippen molar-refractivity contribution in [2.75, 3.05) is 0 Å². The van der Waals surface area contributed by atoms with Crippen LogP contribution in [-0.4, -0.2) is 4.57 Å². The van der Waals surface area contributed by atoms with E-state index in [2.05, 4.69) is 11.1 Å². The van der Waals surface area contributed by atoms with E-state index in [1.54, 1.807) is 16.8 Å². The summed E-state index contributed by atoms with van der Waals surface area (Å²) < 4.78 is 14.7. The van der Waals surface area contributed by atoms with E-state index in [0.717, 1.165) is 0 Å². The minimum absolute atomic E-state index is 0.337. The Bertz CT molecular complexity index is 425. The summed E-state index contributed by atoms with van der Waals surface area (Å²) in [6.45, 7) is 0. The van der Waals surface area contributed by atoms with Crippen LogP contribution in [0.5, 0.6) is 0 Å². The summed E-state index contributed by atoms with van der Waals surface area (Å²) in [6, 6.07) is 1.69. The maximum Gasteiger partial charge on any atom is 0.355 e. The van der Waals surface area contributed by atoms with Gasteiger partial charge in [-0.1, -0.05) is 0 Å². The van der Waals surface area contributed by atoms with Crippen molar-refractivity contribution in [2.45, 2.75) is 0 Å². The first-order valence-corrected chi connectivity index (χ1v) is 3.26. The molecule has 1 aromatic rings. The summed E-state index contributed by atoms with van der Waals surface area (Å²) in [4.78, 5) is 3.97. The van der Waals surface area contributed by atoms with Crippen LogP contribution in [0.4, 0.5) is 4.39 Å². The highest BCUT2D eigenvalue weighted by Crippen LogP contribution is 1.96. The Hall–Kier alpha value is -1.47. The molecule has 2 rings (SSSR count). The average Bonchev–Trinajstić information content (AvgIpc) is 2.35. The van der Waals surface area contributed by atoms with E-state index in [4.69, 9.17) is 0 Å². The molecule has 0 N–H and O–H groups in total. The maximum atomic E-state index is 12.9. The first-order chi connectivity index (χ1) is 5.29. The normalized spacial score (nSPS) is 13.8. The SMILES string of the molecule is Cn1ccc2c1=NC=[C+]C=2F. The Labute approximate surface area is 63.0 Å². The second kappa shape index (κ2) is 2.01. The number of nitrogens with zero attached hydrogens (tertiary/aromatic N) is 2. The van der Waals surface area contributed by atoms with Crippen molar-refractivity contribution in [1.29, 1.82) is 0 Å². The van der Waals surface area contributed by atoms with Gasteiger partial charge >= 0.3 is 5.83 Å². The van der Waals surface area contributed by atoms with Crippen LogP contribution in [0.1, 0.15) is 0 Å². The summed E-state index contributed by atoms with van der Waals surface area (Å²) in [5.74, 6) is -0.337. The Morgan fingerprint density at radius 2 is 2.45 bits per heavy atom. The van der Waals surface area contributed by atoms with Gasteiger partial charge in [0, 0.05) is 13.2 Å². The van der Waals surface area contributed by atoms with E-state index in [9.17, 15) is 4.39 Å². The number of hydrogen-bond acceptors (Lipinski definition) is 1. The number of rotatable bonds is 0. The van der Waals surface area contributed by atoms with Crippen molar-refractivity contribution in [2.24, 2.45) is 12.0 Å². The second-order valence-corrected chi connectivity index (χ2v) is 2.38. The molecular weight excluding hydrogens is 143 g/mol. The van der Waals surface area contributed by atoms with Gasteiger partial charge in [-0.3, -0.25) is 0 Å². The molecule has 1 aliphatic rings. The minimum Gasteiger partial charge on any atom is -0.316 e. The standard InChI is InChI=1S/C8H6FN2/c1-11-5-3-6-7(9)2-4-10-8(6)11/h3-5H,1H3/q+1. The third-order valence-corrected chi connectivity index (χ3v) is 1.65. The molecule has 0 saturated carbocycles. The number of aromatic nitrogens is 1. The summed E-state index contributed by atoms with van der Waals surface area (Å²) in [5, 5.41) is 0.523. The van der Waals surface area contributed by atoms with Crippen LogP contribution < -0.4 is 10.7 Å². The molecule has 0 radical (unpaired) electrons. The summed E-state index contributed by atoms with van der Waals surface area (Å²) >= 11 is 0. The topological polar surface area (TPSA) is 17.3 Å². The number of halogens is 1. The van der Waals surface area contributed by atoms with Crippen molar-refractivity contribution in [3.05, 3.63) is 35.2 Å². The van der Waals surface area contributed by atoms with E-state index in [0.29, 0.717) is 10.7 Å². The van der Waals surface area contributed by atoms with Gasteiger partial charge in [-0.25, -0.2) is 0 Å². The van der Waals surface area contributed by atoms with Crippen LogP contribution in [0.2, 0.25) is 0 Å². The fraction of sp³-hybridized carbons (Fsp3) is 0.125. The molecule has 11 heavy (non-hydrogen) atoms. The zero-order valence-corrected chi connectivity index (χ0v) is 6.00. The predicted molar refractivity (Wildman–Crippen MR) is 38.5 cm³/mol. The largest absolute Gasteiger partial charge is 0.355 e. The molecule has 2 heterocycles. The molecule has 0 unspecified atom stereocenters. The molecule has 3 heteroatoms. The third kappa shape index (κ3) is 0.785. The zero-order chi connectivity index (χ0) is 7.84. The van der Waals surface area contributed by atoms with E-state index in [-0.39, 0.29) is 5.83 Å². The van der Waals surface area contributed by atoms with Crippen molar-refractivity contribution in [1.82, 2.24) is 4.57 Å². The zero-order valence-electron chi connectivity index (χ0n) is 6.00. The number of allylic oxidation sites excluding steroid dienone is 1. The first-order valence-electron chi connectivity index (χ1n) is 3.26. The number of fused-ring (bicyclic) bond motifs is 1. The molecule has 1 aliphatic heterocycles. The van der Waals surface area contributed by atoms with Crippen LogP contribution in [0, 0.1) is 6.08 Å². The third-order valence-electron chi connectivity index (χ3n) is 1.65. The van der Waals surface area contributed by atoms with Gasteiger partial charge in [-0.05, 0) is 0 Å². The summed E-state index contributed by atoms with van der Waals surface area (Å²) in [7, 11) is 1.83. The van der Waals surface area contributed by atoms with Gasteiger partial charge in [0.1, 0.15) is 0 Å². The smallest absolute Gasteiger partial charge is 0.316 e. The van der Waals surface area contributed by atoms with Crippen molar-refractivity contribution in [3.63, 3.8) is 0 Å². The average molecular weight is 149 g/mol. The lowest BCUT2D eigenvalue weighted by molar-refractivity contribution is 0.744. The molecule has 0 aliphatic carbocycles. The highest BCUT2D eigenvalue weighted by molar-refractivity contribution is 5.43. The lowest BCUT2D eigenvalue weighted by Crippen LogP contribution is -2.29. The quantitative estimate of drug-likeness (QED) is 0.464. The molecule has 0 amide bonds. The first kappa shape index (κ1) is 6.25. The van der Waals surface area contributed by atoms with E-state index in [1.165, 1.54) is 6.20 Å². The van der Waals surface area contributed by atoms with Crippen LogP contribution >= 0.6 is 0 Å². The van der Waals surface area contributed by atoms with Gasteiger partial charge < -0.3 is 4.57 Å². The number of aryl methyl sites for hydroxylation is 1. The van der Waals surface area contributed by atoms with E-state index in [1.807, 2.05) is 7.05 Å². The monoisotopic (exact) mass is 149 g/mol. The molecular formula is C8H6FN2+. The van der Waals surface area contributed by atoms with Gasteiger partial charge in [-0.15, -0.1) is 4.39 Å². The van der Waals surface area contributed by atoms with E-state index >= 15 is 0 Å². The van der Waals surface area contributed by atoms with Crippen molar-refractivity contribution >= 4 is 5.83 Å². The lowest BCUT2D eigenvalue weighted by atomic mass is 10.3. The molecule has 54 valence electrons. The van der Waals surface area contributed by atoms with Crippen molar-refractivity contribution in [3.8, 4) is 0 Å². The second-order valence-electron chi connectivity index (χ2n) is 2.38. The Kier molecular flexibility index (Phi) is 1.14. The number of hydrogen-bond donors (Lipinski definition) is 0. The predicted octanol–water partition coefficient (Wildman–Crippen LogP) is 0.0529. The minimum atomic E-state index is -0.337. The van der Waals surface area contributed by atoms with Crippen LogP contribution in [0.25, 0.3) is 5.83 Å². The molecule has 0 atom stereocenters. The summed E-state index contributed by atoms with van der Waals surface area (Å²) in [6.07, 6.45) is 5.51. The molecule has 1 aromatic heterocycles. The Morgan fingerprint density at radius 1 is 1.64 bits per heavy atom. The highest BCUT2D eigenvalue weighted by Gasteiger charge is 2.13. The molecule has 2 nitrogen and oxygen atoms in total. The van der Waals surface area contributed by atoms with Gasteiger partial charge in [0.2, 0.25) is 5.49 Å². The molecule has 0 spiro atoms. The Morgan fingerprint density at radius 3 is 3.18 bits per heavy atom. The maximum absolute atomic E-state index is 12.9. The highest BCUT2D eigenvalue weighted by atomic mass is 19.1. The van der Waals surface area contributed by atoms with Crippen LogP contribution in [0.3, 0.4) is 0 Å². The fourth-order valence-corrected chi connectivity index (χ4v) is 1.08. The molecule has 0 saturated heterocycles. The van der Waals surface area contributed by atoms with Gasteiger partial charge in [-0.2, -0.15) is 4.99 Å². The fourth-order valence-electron chi connectivity index (χ4n) is 1.08. The lowest BCUT2D eigenvalue weighted by Gasteiger charge is -1.84. The Balaban J connectivity index is 3.00. The van der Waals surface area contributed by atoms with Gasteiger partial charge in [0.25, 0.3) is 0 Å². The van der Waals surface area contributed by atoms with Crippen LogP contribution in [0.15, 0.2) is 23.5 Å². The molecule has 0 aromatic carbocycles. The van der Waals surface area contributed by atoms with Crippen molar-refractivity contribution < 1.29 is 4.39 Å². The van der Waals surface area contributed by atoms with Crippen LogP contribution in [-0.2, 0) is 7.05 Å². The van der Waals surface area contributed by atoms with Gasteiger partial charge in [0.05, 0.1) is 6.07 Å². The van der Waals surface area contributed by atoms with E-state index < -0.39 is 0 Å². The molecule has 0 bridgehead atoms. The summed E-state index contributed by atoms with van der Waals surface area (Å²) in [5.41, 5.74) is 0.654. The van der Waals surface area contributed by atoms with Gasteiger partial charge in [0.15, 0.2) is 17.5 Å². The molecule has 0 fully saturated rings.